The van der Waals surface area contributed by atoms with Crippen LogP contribution < -0.4 is 10.5 Å². The first-order valence-electron chi connectivity index (χ1n) is 5.35. The Morgan fingerprint density at radius 1 is 1.11 bits per heavy atom. The van der Waals surface area contributed by atoms with Crippen molar-refractivity contribution in [3.8, 4) is 5.75 Å². The molecule has 4 heteroatoms. The average molecular weight is 245 g/mol. The van der Waals surface area contributed by atoms with E-state index in [9.17, 15) is 9.18 Å². The standard InChI is InChI=1S/C14H12FNO2/c1-18-11-5-2-9(3-6-11)14(17)10-4-7-13(16)12(15)8-10/h2-8H,16H2,1H3. The monoisotopic (exact) mass is 245 g/mol. The van der Waals surface area contributed by atoms with Gasteiger partial charge in [0.1, 0.15) is 11.6 Å². The number of nitrogen functional groups attached to an aromatic ring is 1. The minimum atomic E-state index is -0.589. The highest BCUT2D eigenvalue weighted by Crippen LogP contribution is 2.17. The molecule has 0 atom stereocenters. The number of anilines is 1. The molecule has 2 N–H and O–H groups in total. The molecule has 0 saturated heterocycles. The van der Waals surface area contributed by atoms with Crippen molar-refractivity contribution in [3.05, 3.63) is 59.4 Å². The van der Waals surface area contributed by atoms with Gasteiger partial charge in [0.05, 0.1) is 12.8 Å². The Balaban J connectivity index is 2.32. The van der Waals surface area contributed by atoms with Gasteiger partial charge in [-0.2, -0.15) is 0 Å². The molecular formula is C14H12FNO2. The van der Waals surface area contributed by atoms with Crippen molar-refractivity contribution in [2.45, 2.75) is 0 Å². The number of benzene rings is 2. The lowest BCUT2D eigenvalue weighted by atomic mass is 10.0. The molecule has 92 valence electrons. The highest BCUT2D eigenvalue weighted by Gasteiger charge is 2.11. The molecular weight excluding hydrogens is 233 g/mol. The predicted molar refractivity (Wildman–Crippen MR) is 67.2 cm³/mol. The topological polar surface area (TPSA) is 52.3 Å². The molecule has 3 nitrogen and oxygen atoms in total. The quantitative estimate of drug-likeness (QED) is 0.668. The van der Waals surface area contributed by atoms with Crippen molar-refractivity contribution in [3.63, 3.8) is 0 Å². The third kappa shape index (κ3) is 2.32. The molecule has 0 aromatic heterocycles. The van der Waals surface area contributed by atoms with Crippen LogP contribution in [-0.2, 0) is 0 Å². The third-order valence-corrected chi connectivity index (χ3v) is 2.61. The van der Waals surface area contributed by atoms with Crippen molar-refractivity contribution < 1.29 is 13.9 Å². The number of ketones is 1. The molecule has 2 rings (SSSR count). The second-order valence-electron chi connectivity index (χ2n) is 3.79. The van der Waals surface area contributed by atoms with E-state index in [1.54, 1.807) is 31.4 Å². The zero-order valence-electron chi connectivity index (χ0n) is 9.81. The second kappa shape index (κ2) is 4.87. The molecule has 2 aromatic rings. The number of ether oxygens (including phenoxy) is 1. The third-order valence-electron chi connectivity index (χ3n) is 2.61. The maximum Gasteiger partial charge on any atom is 0.193 e. The number of halogens is 1. The maximum atomic E-state index is 13.3. The minimum absolute atomic E-state index is 0.0290. The van der Waals surface area contributed by atoms with Gasteiger partial charge >= 0.3 is 0 Å². The number of carbonyl (C=O) groups excluding carboxylic acids is 1. The number of carbonyl (C=O) groups is 1. The molecule has 0 saturated carbocycles. The van der Waals surface area contributed by atoms with Gasteiger partial charge in [-0.25, -0.2) is 4.39 Å². The average Bonchev–Trinajstić information content (AvgIpc) is 2.41. The van der Waals surface area contributed by atoms with E-state index < -0.39 is 5.82 Å². The number of hydrogen-bond donors (Lipinski definition) is 1. The lowest BCUT2D eigenvalue weighted by Crippen LogP contribution is -2.03. The van der Waals surface area contributed by atoms with Crippen molar-refractivity contribution >= 4 is 11.5 Å². The van der Waals surface area contributed by atoms with Crippen LogP contribution in [-0.4, -0.2) is 12.9 Å². The largest absolute Gasteiger partial charge is 0.497 e. The number of hydrogen-bond acceptors (Lipinski definition) is 3. The molecule has 0 heterocycles. The van der Waals surface area contributed by atoms with Gasteiger partial charge in [0, 0.05) is 11.1 Å². The molecule has 0 spiro atoms. The molecule has 0 bridgehead atoms. The summed E-state index contributed by atoms with van der Waals surface area (Å²) in [4.78, 5) is 12.1. The van der Waals surface area contributed by atoms with E-state index >= 15 is 0 Å². The van der Waals surface area contributed by atoms with Crippen LogP contribution in [0.15, 0.2) is 42.5 Å². The van der Waals surface area contributed by atoms with Gasteiger partial charge in [0.25, 0.3) is 0 Å². The smallest absolute Gasteiger partial charge is 0.193 e. The van der Waals surface area contributed by atoms with Crippen molar-refractivity contribution in [1.82, 2.24) is 0 Å². The van der Waals surface area contributed by atoms with E-state index in [0.29, 0.717) is 11.3 Å². The highest BCUT2D eigenvalue weighted by molar-refractivity contribution is 6.09. The van der Waals surface area contributed by atoms with Crippen molar-refractivity contribution in [2.24, 2.45) is 0 Å². The van der Waals surface area contributed by atoms with Crippen LogP contribution in [0.3, 0.4) is 0 Å². The van der Waals surface area contributed by atoms with Crippen LogP contribution in [0.1, 0.15) is 15.9 Å². The molecule has 0 aliphatic heterocycles. The zero-order valence-corrected chi connectivity index (χ0v) is 9.81. The minimum Gasteiger partial charge on any atom is -0.497 e. The fourth-order valence-electron chi connectivity index (χ4n) is 1.58. The summed E-state index contributed by atoms with van der Waals surface area (Å²) in [7, 11) is 1.55. The summed E-state index contributed by atoms with van der Waals surface area (Å²) < 4.78 is 18.3. The highest BCUT2D eigenvalue weighted by atomic mass is 19.1. The van der Waals surface area contributed by atoms with E-state index in [-0.39, 0.29) is 17.0 Å². The Bertz CT molecular complexity index is 579. The van der Waals surface area contributed by atoms with E-state index in [1.165, 1.54) is 12.1 Å². The van der Waals surface area contributed by atoms with E-state index in [2.05, 4.69) is 0 Å². The predicted octanol–water partition coefficient (Wildman–Crippen LogP) is 2.65. The van der Waals surface area contributed by atoms with Crippen molar-refractivity contribution in [2.75, 3.05) is 12.8 Å². The van der Waals surface area contributed by atoms with Crippen LogP contribution in [0.5, 0.6) is 5.75 Å². The number of rotatable bonds is 3. The fourth-order valence-corrected chi connectivity index (χ4v) is 1.58. The van der Waals surface area contributed by atoms with Gasteiger partial charge in [-0.05, 0) is 42.5 Å². The number of methoxy groups -OCH3 is 1. The Kier molecular flexibility index (Phi) is 3.28. The summed E-state index contributed by atoms with van der Waals surface area (Å²) in [5, 5.41) is 0. The molecule has 0 amide bonds. The summed E-state index contributed by atoms with van der Waals surface area (Å²) in [6, 6.07) is 10.7. The van der Waals surface area contributed by atoms with E-state index in [1.807, 2.05) is 0 Å². The Labute approximate surface area is 104 Å². The van der Waals surface area contributed by atoms with Crippen LogP contribution in [0.2, 0.25) is 0 Å². The summed E-state index contributed by atoms with van der Waals surface area (Å²) in [5.74, 6) is -0.180. The lowest BCUT2D eigenvalue weighted by molar-refractivity contribution is 0.103. The van der Waals surface area contributed by atoms with Gasteiger partial charge in [-0.1, -0.05) is 0 Å². The van der Waals surface area contributed by atoms with Crippen molar-refractivity contribution in [1.29, 1.82) is 0 Å². The number of nitrogens with two attached hydrogens (primary N) is 1. The molecule has 0 fully saturated rings. The van der Waals surface area contributed by atoms with Gasteiger partial charge in [0.15, 0.2) is 5.78 Å². The Morgan fingerprint density at radius 3 is 2.28 bits per heavy atom. The maximum absolute atomic E-state index is 13.3. The summed E-state index contributed by atoms with van der Waals surface area (Å²) in [5.41, 5.74) is 6.13. The molecule has 0 aliphatic carbocycles. The van der Waals surface area contributed by atoms with Crippen LogP contribution >= 0.6 is 0 Å². The Morgan fingerprint density at radius 2 is 1.72 bits per heavy atom. The summed E-state index contributed by atoms with van der Waals surface area (Å²) in [6.07, 6.45) is 0. The molecule has 0 aliphatic rings. The lowest BCUT2D eigenvalue weighted by Gasteiger charge is -2.04. The SMILES string of the molecule is COc1ccc(C(=O)c2ccc(N)c(F)c2)cc1. The van der Waals surface area contributed by atoms with Gasteiger partial charge in [-0.3, -0.25) is 4.79 Å². The van der Waals surface area contributed by atoms with E-state index in [4.69, 9.17) is 10.5 Å². The van der Waals surface area contributed by atoms with Gasteiger partial charge < -0.3 is 10.5 Å². The van der Waals surface area contributed by atoms with Crippen LogP contribution in [0.4, 0.5) is 10.1 Å². The first-order valence-corrected chi connectivity index (χ1v) is 5.35. The molecule has 0 unspecified atom stereocenters. The normalized spacial score (nSPS) is 10.1. The van der Waals surface area contributed by atoms with Gasteiger partial charge in [-0.15, -0.1) is 0 Å². The summed E-state index contributed by atoms with van der Waals surface area (Å²) in [6.45, 7) is 0. The van der Waals surface area contributed by atoms with E-state index in [0.717, 1.165) is 6.07 Å². The fraction of sp³-hybridized carbons (Fsp3) is 0.0714. The Hall–Kier alpha value is -2.36. The molecule has 18 heavy (non-hydrogen) atoms. The van der Waals surface area contributed by atoms with Gasteiger partial charge in [0.2, 0.25) is 0 Å². The molecule has 2 aromatic carbocycles. The van der Waals surface area contributed by atoms with Crippen LogP contribution in [0, 0.1) is 5.82 Å². The zero-order chi connectivity index (χ0) is 13.1. The molecule has 0 radical (unpaired) electrons. The second-order valence-corrected chi connectivity index (χ2v) is 3.79. The summed E-state index contributed by atoms with van der Waals surface area (Å²) >= 11 is 0. The first kappa shape index (κ1) is 12.1. The first-order chi connectivity index (χ1) is 8.61. The van der Waals surface area contributed by atoms with Crippen LogP contribution in [0.25, 0.3) is 0 Å².